The molecule has 2 aromatic carbocycles. The maximum Gasteiger partial charge on any atom is 0.336 e. The van der Waals surface area contributed by atoms with E-state index in [-0.39, 0.29) is 69.3 Å². The zero-order chi connectivity index (χ0) is 53.5. The van der Waals surface area contributed by atoms with Crippen molar-refractivity contribution < 1.29 is 60.6 Å². The molecule has 2 aromatic heterocycles. The quantitative estimate of drug-likeness (QED) is 0.0204. The van der Waals surface area contributed by atoms with Gasteiger partial charge in [-0.25, -0.2) is 28.0 Å². The lowest BCUT2D eigenvalue weighted by Gasteiger charge is -2.35. The van der Waals surface area contributed by atoms with Crippen LogP contribution in [-0.4, -0.2) is 118 Å². The second kappa shape index (κ2) is 29.0. The van der Waals surface area contributed by atoms with Gasteiger partial charge in [-0.1, -0.05) is 82.2 Å². The van der Waals surface area contributed by atoms with Crippen LogP contribution < -0.4 is 15.6 Å². The highest BCUT2D eigenvalue weighted by atomic mass is 127. The number of aromatic nitrogens is 2. The molecule has 410 valence electrons. The fraction of sp³-hybridized carbons (Fsp3) is 0.444. The molecule has 2 amide bonds. The van der Waals surface area contributed by atoms with E-state index >= 15 is 0 Å². The summed E-state index contributed by atoms with van der Waals surface area (Å²) in [6, 6.07) is 21.2. The Balaban J connectivity index is 0.000000244. The molecule has 2 fully saturated rings. The lowest BCUT2D eigenvalue weighted by Crippen LogP contribution is -2.42. The molecule has 4 aromatic rings. The van der Waals surface area contributed by atoms with Gasteiger partial charge in [-0.05, 0) is 111 Å². The summed E-state index contributed by atoms with van der Waals surface area (Å²) >= 11 is 14.3. The first kappa shape index (κ1) is 60.0. The molecule has 8 rings (SSSR count). The molecule has 0 aliphatic carbocycles. The fourth-order valence-electron chi connectivity index (χ4n) is 9.23. The fourth-order valence-corrected chi connectivity index (χ4v) is 10.2. The monoisotopic (exact) mass is 1220 g/mol. The van der Waals surface area contributed by atoms with Gasteiger partial charge in [-0.3, -0.25) is 9.59 Å². The summed E-state index contributed by atoms with van der Waals surface area (Å²) in [5.41, 5.74) is 5.02. The van der Waals surface area contributed by atoms with Gasteiger partial charge in [-0.15, -0.1) is 0 Å². The number of hydrogen-bond donors (Lipinski definition) is 1. The lowest BCUT2D eigenvalue weighted by molar-refractivity contribution is -0.143. The van der Waals surface area contributed by atoms with E-state index in [0.29, 0.717) is 82.6 Å². The number of carbonyl (C=O) groups excluding carboxylic acids is 4. The zero-order valence-electron chi connectivity index (χ0n) is 42.8. The van der Waals surface area contributed by atoms with Crippen molar-refractivity contribution >= 4 is 79.7 Å². The molecule has 0 bridgehead atoms. The minimum atomic E-state index is -4.27. The van der Waals surface area contributed by atoms with Crippen molar-refractivity contribution in [1.29, 1.82) is 0 Å². The number of halogens is 3. The number of alkyl halides is 1. The van der Waals surface area contributed by atoms with Gasteiger partial charge < -0.3 is 48.9 Å². The predicted octanol–water partition coefficient (Wildman–Crippen LogP) is 9.39. The predicted molar refractivity (Wildman–Crippen MR) is 292 cm³/mol. The van der Waals surface area contributed by atoms with Crippen LogP contribution in [0.2, 0.25) is 10.3 Å². The molecule has 0 saturated carbocycles. The van der Waals surface area contributed by atoms with E-state index in [1.807, 2.05) is 24.3 Å². The van der Waals surface area contributed by atoms with Crippen LogP contribution in [0.4, 0.5) is 0 Å². The third-order valence-corrected chi connectivity index (χ3v) is 15.2. The summed E-state index contributed by atoms with van der Waals surface area (Å²) < 4.78 is 67.2. The third-order valence-electron chi connectivity index (χ3n) is 13.2. The first-order valence-electron chi connectivity index (χ1n) is 24.8. The Kier molecular flexibility index (Phi) is 22.9. The van der Waals surface area contributed by atoms with Crippen molar-refractivity contribution in [3.8, 4) is 11.5 Å². The molecular formula is C54H64Cl2IN5O13S. The highest BCUT2D eigenvalue weighted by Crippen LogP contribution is 2.40. The van der Waals surface area contributed by atoms with Crippen molar-refractivity contribution in [3.05, 3.63) is 140 Å². The van der Waals surface area contributed by atoms with E-state index in [1.54, 1.807) is 84.6 Å². The molecule has 22 heteroatoms. The number of amides is 2. The molecule has 4 N–H and O–H groups in total. The van der Waals surface area contributed by atoms with E-state index in [9.17, 15) is 32.1 Å². The normalized spacial score (nSPS) is 19.7. The number of allylic oxidation sites excluding steroid dienone is 2. The molecule has 0 spiro atoms. The van der Waals surface area contributed by atoms with E-state index in [2.05, 4.69) is 32.6 Å². The summed E-state index contributed by atoms with van der Waals surface area (Å²) in [6.45, 7) is 6.62. The number of ether oxygens (including phenoxy) is 6. The second-order valence-electron chi connectivity index (χ2n) is 18.4. The number of pyridine rings is 2. The minimum Gasteiger partial charge on any atom is -0.748 e. The Morgan fingerprint density at radius 3 is 1.46 bits per heavy atom. The minimum absolute atomic E-state index is 0. The molecule has 2 saturated heterocycles. The highest BCUT2D eigenvalue weighted by Gasteiger charge is 2.40. The molecule has 0 radical (unpaired) electrons. The molecular weight excluding hydrogens is 1160 g/mol. The first-order valence-corrected chi connectivity index (χ1v) is 28.7. The van der Waals surface area contributed by atoms with Crippen molar-refractivity contribution in [2.75, 3.05) is 49.7 Å². The summed E-state index contributed by atoms with van der Waals surface area (Å²) in [4.78, 5) is 64.8. The van der Waals surface area contributed by atoms with Gasteiger partial charge in [0.15, 0.2) is 0 Å². The van der Waals surface area contributed by atoms with Gasteiger partial charge in [0, 0.05) is 71.9 Å². The van der Waals surface area contributed by atoms with Gasteiger partial charge >= 0.3 is 11.9 Å². The molecule has 76 heavy (non-hydrogen) atoms. The number of benzene rings is 2. The summed E-state index contributed by atoms with van der Waals surface area (Å²) in [5, 5.41) is 0.668. The molecule has 18 nitrogen and oxygen atoms in total. The van der Waals surface area contributed by atoms with Crippen LogP contribution >= 0.6 is 45.8 Å². The van der Waals surface area contributed by atoms with Gasteiger partial charge in [0.25, 0.3) is 0 Å². The van der Waals surface area contributed by atoms with Gasteiger partial charge in [0.1, 0.15) is 35.0 Å². The standard InChI is InChI=1S/C27H30ClIN2O5.C27H31ClN2O8S.H3N/c1-18-26(27(33)36-17-19-5-8-21(9-6-19)34-13-3-11-29)23(20-7-10-24(28)30-15-20)14-25(32)31(18)16-22-4-2-12-35-22;1-18-26(27(32)38-17-19-5-8-21(9-6-19)36-12-3-13-39(33,34)35)23(20-7-10-24(28)29-15-20)14-25(31)30(18)16-22-4-2-11-37-22;/h5-10,15,22-23H,2-4,11-14,16-17H2,1H3;5-10,15,22-23H,2-4,11-14,16-17H2,1H3,(H,33,34,35);1H3/t2*22-,23+;/m11./s1. The third kappa shape index (κ3) is 17.1. The van der Waals surface area contributed by atoms with Gasteiger partial charge in [-0.2, -0.15) is 0 Å². The van der Waals surface area contributed by atoms with E-state index in [4.69, 9.17) is 51.6 Å². The highest BCUT2D eigenvalue weighted by molar-refractivity contribution is 14.1. The molecule has 6 heterocycles. The number of carbonyl (C=O) groups is 4. The number of hydrogen-bond acceptors (Lipinski definition) is 15. The van der Waals surface area contributed by atoms with Crippen LogP contribution in [0, 0.1) is 0 Å². The van der Waals surface area contributed by atoms with E-state index in [0.717, 1.165) is 53.4 Å². The topological polar surface area (TPSA) is 250 Å². The summed E-state index contributed by atoms with van der Waals surface area (Å²) in [5.74, 6) is -1.29. The number of quaternary nitrogens is 1. The molecule has 4 atom stereocenters. The van der Waals surface area contributed by atoms with Crippen LogP contribution in [0.5, 0.6) is 11.5 Å². The van der Waals surface area contributed by atoms with Crippen LogP contribution in [0.3, 0.4) is 0 Å². The maximum absolute atomic E-state index is 13.4. The Morgan fingerprint density at radius 2 is 1.11 bits per heavy atom. The van der Waals surface area contributed by atoms with Gasteiger partial charge in [0.2, 0.25) is 11.8 Å². The lowest BCUT2D eigenvalue weighted by atomic mass is 9.84. The van der Waals surface area contributed by atoms with Crippen LogP contribution in [0.15, 0.2) is 108 Å². The number of nitrogens with zero attached hydrogens (tertiary/aromatic N) is 4. The Bertz CT molecular complexity index is 2780. The zero-order valence-corrected chi connectivity index (χ0v) is 47.2. The summed E-state index contributed by atoms with van der Waals surface area (Å²) in [6.07, 6.45) is 8.11. The molecule has 4 aliphatic heterocycles. The molecule has 4 aliphatic rings. The van der Waals surface area contributed by atoms with Crippen molar-refractivity contribution in [1.82, 2.24) is 25.9 Å². The Hall–Kier alpha value is -5.20. The van der Waals surface area contributed by atoms with Crippen molar-refractivity contribution in [3.63, 3.8) is 0 Å². The molecule has 0 unspecified atom stereocenters. The van der Waals surface area contributed by atoms with Crippen LogP contribution in [-0.2, 0) is 61.5 Å². The number of rotatable bonds is 21. The van der Waals surface area contributed by atoms with Crippen molar-refractivity contribution in [2.24, 2.45) is 0 Å². The van der Waals surface area contributed by atoms with Crippen LogP contribution in [0.25, 0.3) is 0 Å². The Morgan fingerprint density at radius 1 is 0.684 bits per heavy atom. The Labute approximate surface area is 467 Å². The number of esters is 2. The maximum atomic E-state index is 13.4. The second-order valence-corrected chi connectivity index (χ2v) is 21.8. The average Bonchev–Trinajstić information content (AvgIpc) is 4.14. The largest absolute Gasteiger partial charge is 0.748 e. The van der Waals surface area contributed by atoms with Crippen molar-refractivity contribution in [2.45, 2.75) is 102 Å². The van der Waals surface area contributed by atoms with Crippen LogP contribution in [0.1, 0.15) is 99.3 Å². The van der Waals surface area contributed by atoms with E-state index in [1.165, 1.54) is 0 Å². The smallest absolute Gasteiger partial charge is 0.336 e. The average molecular weight is 1220 g/mol. The van der Waals surface area contributed by atoms with Gasteiger partial charge in [0.05, 0.1) is 59.8 Å². The van der Waals surface area contributed by atoms with E-state index < -0.39 is 39.6 Å². The first-order chi connectivity index (χ1) is 36.1. The SMILES string of the molecule is CC1=C(C(=O)OCc2ccc(OCCCI)cc2)[C@H](c2ccc(Cl)nc2)CC(=O)N1C[C@H]1CCCO1.CC1=C(C(=O)OCc2ccc(OCCCS(=O)(=O)[O-])cc2)[C@H](c2ccc(Cl)nc2)CC(=O)N1C[C@H]1CCCO1.[NH4+]. The summed E-state index contributed by atoms with van der Waals surface area (Å²) in [7, 11) is -4.27.